The smallest absolute Gasteiger partial charge is 0.404 e. The SMILES string of the molecule is Cc1ncsc1-c1ccc([C@H](C)NC(=O)[C@@H]2C[C@@H](O)CN2C(=O)[C@@H](NC(=O)COCCOCCOCCNC(=O)O)C(C)(C)C)cc1. The van der Waals surface area contributed by atoms with Crippen molar-refractivity contribution in [3.8, 4) is 10.4 Å². The zero-order chi connectivity index (χ0) is 34.6. The second-order valence-corrected chi connectivity index (χ2v) is 13.2. The van der Waals surface area contributed by atoms with Crippen LogP contribution < -0.4 is 16.0 Å². The van der Waals surface area contributed by atoms with Crippen molar-refractivity contribution >= 4 is 35.2 Å². The minimum Gasteiger partial charge on any atom is -0.465 e. The van der Waals surface area contributed by atoms with Gasteiger partial charge in [0.15, 0.2) is 0 Å². The number of carbonyl (C=O) groups excluding carboxylic acids is 3. The van der Waals surface area contributed by atoms with Gasteiger partial charge in [0.05, 0.1) is 61.3 Å². The fourth-order valence-corrected chi connectivity index (χ4v) is 5.86. The molecule has 1 aliphatic rings. The largest absolute Gasteiger partial charge is 0.465 e. The summed E-state index contributed by atoms with van der Waals surface area (Å²) in [6.07, 6.45) is -1.90. The molecule has 1 fully saturated rings. The van der Waals surface area contributed by atoms with Crippen molar-refractivity contribution in [1.82, 2.24) is 25.8 Å². The number of nitrogens with one attached hydrogen (secondary N) is 3. The zero-order valence-corrected chi connectivity index (χ0v) is 28.4. The van der Waals surface area contributed by atoms with Gasteiger partial charge in [0.25, 0.3) is 0 Å². The quantitative estimate of drug-likeness (QED) is 0.155. The van der Waals surface area contributed by atoms with Crippen LogP contribution >= 0.6 is 11.3 Å². The molecule has 5 N–H and O–H groups in total. The number of aliphatic hydroxyl groups is 1. The highest BCUT2D eigenvalue weighted by molar-refractivity contribution is 7.13. The van der Waals surface area contributed by atoms with Gasteiger partial charge in [-0.1, -0.05) is 45.0 Å². The van der Waals surface area contributed by atoms with Crippen molar-refractivity contribution in [2.45, 2.75) is 65.3 Å². The number of likely N-dealkylation sites (tertiary alicyclic amines) is 1. The lowest BCUT2D eigenvalue weighted by Crippen LogP contribution is -2.58. The molecule has 4 atom stereocenters. The molecule has 14 nitrogen and oxygen atoms in total. The van der Waals surface area contributed by atoms with Crippen LogP contribution in [0, 0.1) is 12.3 Å². The molecule has 0 bridgehead atoms. The van der Waals surface area contributed by atoms with E-state index < -0.39 is 41.5 Å². The number of β-amino-alcohol motifs (C(OH)–C–C–N with tert-alkyl or cyclic N) is 1. The number of aromatic nitrogens is 1. The summed E-state index contributed by atoms with van der Waals surface area (Å²) >= 11 is 1.57. The Balaban J connectivity index is 1.49. The van der Waals surface area contributed by atoms with Crippen LogP contribution in [-0.4, -0.2) is 115 Å². The van der Waals surface area contributed by atoms with Crippen LogP contribution in [0.4, 0.5) is 4.79 Å². The molecule has 260 valence electrons. The Labute approximate surface area is 279 Å². The van der Waals surface area contributed by atoms with Crippen LogP contribution in [0.3, 0.4) is 0 Å². The highest BCUT2D eigenvalue weighted by Gasteiger charge is 2.44. The summed E-state index contributed by atoms with van der Waals surface area (Å²) < 4.78 is 16.0. The average molecular weight is 678 g/mol. The van der Waals surface area contributed by atoms with Gasteiger partial charge in [0.1, 0.15) is 18.7 Å². The van der Waals surface area contributed by atoms with Gasteiger partial charge in [-0.2, -0.15) is 0 Å². The van der Waals surface area contributed by atoms with E-state index in [-0.39, 0.29) is 71.1 Å². The lowest BCUT2D eigenvalue weighted by Gasteiger charge is -2.35. The van der Waals surface area contributed by atoms with Gasteiger partial charge >= 0.3 is 6.09 Å². The van der Waals surface area contributed by atoms with Crippen molar-refractivity contribution < 1.29 is 43.6 Å². The molecule has 4 amide bonds. The van der Waals surface area contributed by atoms with Crippen molar-refractivity contribution in [2.75, 3.05) is 52.7 Å². The van der Waals surface area contributed by atoms with Gasteiger partial charge in [0.2, 0.25) is 17.7 Å². The van der Waals surface area contributed by atoms with Crippen molar-refractivity contribution in [2.24, 2.45) is 5.41 Å². The third-order valence-electron chi connectivity index (χ3n) is 7.56. The van der Waals surface area contributed by atoms with Crippen LogP contribution in [-0.2, 0) is 28.6 Å². The van der Waals surface area contributed by atoms with E-state index in [1.165, 1.54) is 4.90 Å². The molecule has 1 saturated heterocycles. The van der Waals surface area contributed by atoms with Crippen molar-refractivity contribution in [1.29, 1.82) is 0 Å². The van der Waals surface area contributed by atoms with Gasteiger partial charge in [0, 0.05) is 19.5 Å². The molecule has 0 unspecified atom stereocenters. The Hall–Kier alpha value is -3.63. The fourth-order valence-electron chi connectivity index (χ4n) is 5.05. The van der Waals surface area contributed by atoms with Crippen LogP contribution in [0.5, 0.6) is 0 Å². The minimum absolute atomic E-state index is 0.0235. The van der Waals surface area contributed by atoms with E-state index in [2.05, 4.69) is 20.9 Å². The van der Waals surface area contributed by atoms with Crippen molar-refractivity contribution in [3.05, 3.63) is 41.0 Å². The highest BCUT2D eigenvalue weighted by atomic mass is 32.1. The van der Waals surface area contributed by atoms with Crippen LogP contribution in [0.1, 0.15) is 51.4 Å². The first-order valence-electron chi connectivity index (χ1n) is 15.6. The second kappa shape index (κ2) is 18.1. The summed E-state index contributed by atoms with van der Waals surface area (Å²) in [6, 6.07) is 5.67. The van der Waals surface area contributed by atoms with Gasteiger partial charge in [-0.15, -0.1) is 11.3 Å². The van der Waals surface area contributed by atoms with E-state index in [4.69, 9.17) is 19.3 Å². The molecular formula is C32H47N5O9S. The topological polar surface area (TPSA) is 189 Å². The third kappa shape index (κ3) is 11.8. The average Bonchev–Trinajstić information content (AvgIpc) is 3.62. The second-order valence-electron chi connectivity index (χ2n) is 12.4. The number of hydrogen-bond acceptors (Lipinski definition) is 10. The summed E-state index contributed by atoms with van der Waals surface area (Å²) in [7, 11) is 0. The molecule has 0 saturated carbocycles. The summed E-state index contributed by atoms with van der Waals surface area (Å²) in [5, 5.41) is 26.9. The molecule has 1 aliphatic heterocycles. The Morgan fingerprint density at radius 2 is 1.66 bits per heavy atom. The molecule has 15 heteroatoms. The van der Waals surface area contributed by atoms with Gasteiger partial charge < -0.3 is 45.3 Å². The molecule has 2 aromatic rings. The monoisotopic (exact) mass is 677 g/mol. The first kappa shape index (κ1) is 37.8. The van der Waals surface area contributed by atoms with Gasteiger partial charge in [-0.3, -0.25) is 14.4 Å². The fraction of sp³-hybridized carbons (Fsp3) is 0.594. The number of ether oxygens (including phenoxy) is 3. The van der Waals surface area contributed by atoms with E-state index in [1.54, 1.807) is 16.8 Å². The number of hydrogen-bond donors (Lipinski definition) is 5. The van der Waals surface area contributed by atoms with Crippen LogP contribution in [0.15, 0.2) is 29.8 Å². The summed E-state index contributed by atoms with van der Waals surface area (Å²) in [5.74, 6) is -1.34. The summed E-state index contributed by atoms with van der Waals surface area (Å²) in [6.45, 7) is 10.2. The molecule has 3 rings (SSSR count). The van der Waals surface area contributed by atoms with E-state index in [0.717, 1.165) is 21.7 Å². The maximum absolute atomic E-state index is 13.8. The number of benzene rings is 1. The van der Waals surface area contributed by atoms with Gasteiger partial charge in [-0.05, 0) is 30.4 Å². The minimum atomic E-state index is -1.11. The maximum Gasteiger partial charge on any atom is 0.404 e. The van der Waals surface area contributed by atoms with E-state index in [1.807, 2.05) is 58.9 Å². The molecule has 47 heavy (non-hydrogen) atoms. The molecule has 0 radical (unpaired) electrons. The number of amides is 4. The highest BCUT2D eigenvalue weighted by Crippen LogP contribution is 2.29. The number of thiazole rings is 1. The van der Waals surface area contributed by atoms with E-state index >= 15 is 0 Å². The summed E-state index contributed by atoms with van der Waals surface area (Å²) in [5.41, 5.74) is 4.01. The van der Waals surface area contributed by atoms with E-state index in [9.17, 15) is 24.3 Å². The predicted octanol–water partition coefficient (Wildman–Crippen LogP) is 2.11. The standard InChI is InChI=1S/C32H47N5O9S/c1-20(22-6-8-23(9-7-22)27-21(2)34-19-47-27)35-29(40)25-16-24(38)17-37(25)30(41)28(32(3,4)5)36-26(39)18-46-15-14-45-13-12-44-11-10-33-31(42)43/h6-9,19-20,24-25,28,33,38H,10-18H2,1-5H3,(H,35,40)(H,36,39)(H,42,43)/t20-,24+,25-,28+/m0/s1. The molecular weight excluding hydrogens is 630 g/mol. The van der Waals surface area contributed by atoms with Crippen LogP contribution in [0.25, 0.3) is 10.4 Å². The van der Waals surface area contributed by atoms with Crippen LogP contribution in [0.2, 0.25) is 0 Å². The molecule has 1 aromatic carbocycles. The van der Waals surface area contributed by atoms with Crippen molar-refractivity contribution in [3.63, 3.8) is 0 Å². The number of aliphatic hydroxyl groups excluding tert-OH is 1. The van der Waals surface area contributed by atoms with Gasteiger partial charge in [-0.25, -0.2) is 9.78 Å². The Morgan fingerprint density at radius 1 is 1.02 bits per heavy atom. The lowest BCUT2D eigenvalue weighted by molar-refractivity contribution is -0.144. The number of rotatable bonds is 17. The normalized spacial score (nSPS) is 17.6. The number of carbonyl (C=O) groups is 4. The molecule has 0 aliphatic carbocycles. The third-order valence-corrected chi connectivity index (χ3v) is 8.54. The number of aryl methyl sites for hydroxylation is 1. The lowest BCUT2D eigenvalue weighted by atomic mass is 9.85. The number of carboxylic acid groups (broad SMARTS) is 1. The van der Waals surface area contributed by atoms with E-state index in [0.29, 0.717) is 0 Å². The molecule has 1 aromatic heterocycles. The maximum atomic E-state index is 13.8. The Morgan fingerprint density at radius 3 is 2.26 bits per heavy atom. The predicted molar refractivity (Wildman–Crippen MR) is 175 cm³/mol. The molecule has 0 spiro atoms. The first-order valence-corrected chi connectivity index (χ1v) is 16.4. The summed E-state index contributed by atoms with van der Waals surface area (Å²) in [4.78, 5) is 57.1. The number of nitrogens with zero attached hydrogens (tertiary/aromatic N) is 2. The molecule has 2 heterocycles. The Bertz CT molecular complexity index is 1330. The first-order chi connectivity index (χ1) is 22.3. The zero-order valence-electron chi connectivity index (χ0n) is 27.6. The Kier molecular flexibility index (Phi) is 14.5.